The SMILES string of the molecule is Cc1c(Cn2ccnc2)c2ccccc2n1Cc1cc(Cl)ccc1Cl. The predicted octanol–water partition coefficient (Wildman–Crippen LogP) is 5.55. The molecule has 5 heteroatoms. The van der Waals surface area contributed by atoms with Gasteiger partial charge in [0.15, 0.2) is 0 Å². The second-order valence-electron chi connectivity index (χ2n) is 6.14. The van der Waals surface area contributed by atoms with Gasteiger partial charge in [-0.05, 0) is 36.8 Å². The van der Waals surface area contributed by atoms with Crippen molar-refractivity contribution >= 4 is 34.1 Å². The van der Waals surface area contributed by atoms with Gasteiger partial charge in [0.05, 0.1) is 12.9 Å². The summed E-state index contributed by atoms with van der Waals surface area (Å²) in [5.41, 5.74) is 4.75. The molecule has 2 aromatic heterocycles. The molecule has 0 saturated carbocycles. The zero-order valence-corrected chi connectivity index (χ0v) is 15.3. The lowest BCUT2D eigenvalue weighted by Gasteiger charge is -2.11. The van der Waals surface area contributed by atoms with E-state index in [1.54, 1.807) is 6.20 Å². The zero-order chi connectivity index (χ0) is 17.4. The van der Waals surface area contributed by atoms with Crippen LogP contribution < -0.4 is 0 Å². The van der Waals surface area contributed by atoms with Gasteiger partial charge in [-0.25, -0.2) is 4.98 Å². The standard InChI is InChI=1S/C20H17Cl2N3/c1-14-18(12-24-9-8-23-13-24)17-4-2-3-5-20(17)25(14)11-15-10-16(21)6-7-19(15)22/h2-10,13H,11-12H2,1H3. The molecule has 0 amide bonds. The van der Waals surface area contributed by atoms with Crippen LogP contribution in [0.1, 0.15) is 16.8 Å². The van der Waals surface area contributed by atoms with E-state index in [0.717, 1.165) is 17.1 Å². The molecular formula is C20H17Cl2N3. The number of nitrogens with zero attached hydrogens (tertiary/aromatic N) is 3. The molecule has 0 fully saturated rings. The number of benzene rings is 2. The summed E-state index contributed by atoms with van der Waals surface area (Å²) in [6.45, 7) is 3.64. The Kier molecular flexibility index (Phi) is 4.28. The third-order valence-corrected chi connectivity index (χ3v) is 5.20. The van der Waals surface area contributed by atoms with Crippen molar-refractivity contribution in [1.82, 2.24) is 14.1 Å². The Bertz CT molecular complexity index is 1030. The molecule has 2 heterocycles. The van der Waals surface area contributed by atoms with E-state index in [0.29, 0.717) is 11.6 Å². The molecule has 0 radical (unpaired) electrons. The smallest absolute Gasteiger partial charge is 0.0949 e. The molecule has 0 aliphatic rings. The molecule has 0 atom stereocenters. The molecule has 0 N–H and O–H groups in total. The van der Waals surface area contributed by atoms with E-state index < -0.39 is 0 Å². The summed E-state index contributed by atoms with van der Waals surface area (Å²) in [5.74, 6) is 0. The normalized spacial score (nSPS) is 11.3. The van der Waals surface area contributed by atoms with Crippen molar-refractivity contribution in [2.75, 3.05) is 0 Å². The molecule has 2 aromatic carbocycles. The van der Waals surface area contributed by atoms with Gasteiger partial charge in [0, 0.05) is 51.1 Å². The van der Waals surface area contributed by atoms with Gasteiger partial charge in [0.25, 0.3) is 0 Å². The maximum absolute atomic E-state index is 6.39. The van der Waals surface area contributed by atoms with Crippen LogP contribution in [-0.2, 0) is 13.1 Å². The molecule has 4 aromatic rings. The summed E-state index contributed by atoms with van der Waals surface area (Å²) in [6.07, 6.45) is 5.64. The highest BCUT2D eigenvalue weighted by atomic mass is 35.5. The van der Waals surface area contributed by atoms with Crippen molar-refractivity contribution in [2.45, 2.75) is 20.0 Å². The van der Waals surface area contributed by atoms with Gasteiger partial charge < -0.3 is 9.13 Å². The van der Waals surface area contributed by atoms with E-state index >= 15 is 0 Å². The van der Waals surface area contributed by atoms with Crippen molar-refractivity contribution in [3.05, 3.63) is 88.1 Å². The van der Waals surface area contributed by atoms with Crippen LogP contribution >= 0.6 is 23.2 Å². The first-order valence-corrected chi connectivity index (χ1v) is 8.85. The molecule has 0 bridgehead atoms. The van der Waals surface area contributed by atoms with Crippen LogP contribution in [0.25, 0.3) is 10.9 Å². The highest BCUT2D eigenvalue weighted by Crippen LogP contribution is 2.29. The van der Waals surface area contributed by atoms with Crippen LogP contribution in [0.15, 0.2) is 61.2 Å². The Morgan fingerprint density at radius 2 is 1.88 bits per heavy atom. The highest BCUT2D eigenvalue weighted by Gasteiger charge is 2.15. The average Bonchev–Trinajstić information content (AvgIpc) is 3.21. The lowest BCUT2D eigenvalue weighted by Crippen LogP contribution is -2.04. The van der Waals surface area contributed by atoms with Crippen LogP contribution in [-0.4, -0.2) is 14.1 Å². The van der Waals surface area contributed by atoms with Gasteiger partial charge in [0.1, 0.15) is 0 Å². The largest absolute Gasteiger partial charge is 0.340 e. The summed E-state index contributed by atoms with van der Waals surface area (Å²) in [4.78, 5) is 4.15. The van der Waals surface area contributed by atoms with Crippen LogP contribution in [0.4, 0.5) is 0 Å². The quantitative estimate of drug-likeness (QED) is 0.462. The van der Waals surface area contributed by atoms with E-state index in [1.807, 2.05) is 30.7 Å². The Morgan fingerprint density at radius 1 is 1.04 bits per heavy atom. The van der Waals surface area contributed by atoms with Crippen LogP contribution in [0.5, 0.6) is 0 Å². The number of hydrogen-bond donors (Lipinski definition) is 0. The van der Waals surface area contributed by atoms with E-state index in [9.17, 15) is 0 Å². The second-order valence-corrected chi connectivity index (χ2v) is 6.98. The lowest BCUT2D eigenvalue weighted by molar-refractivity contribution is 0.760. The molecule has 0 saturated heterocycles. The van der Waals surface area contributed by atoms with Gasteiger partial charge in [-0.2, -0.15) is 0 Å². The zero-order valence-electron chi connectivity index (χ0n) is 13.8. The molecule has 4 rings (SSSR count). The average molecular weight is 370 g/mol. The minimum atomic E-state index is 0.690. The summed E-state index contributed by atoms with van der Waals surface area (Å²) in [6, 6.07) is 14.1. The Balaban J connectivity index is 1.83. The van der Waals surface area contributed by atoms with Crippen LogP contribution in [0, 0.1) is 6.92 Å². The number of fused-ring (bicyclic) bond motifs is 1. The van der Waals surface area contributed by atoms with E-state index in [4.69, 9.17) is 23.2 Å². The first-order chi connectivity index (χ1) is 12.1. The van der Waals surface area contributed by atoms with Crippen molar-refractivity contribution < 1.29 is 0 Å². The second kappa shape index (κ2) is 6.58. The van der Waals surface area contributed by atoms with Crippen LogP contribution in [0.2, 0.25) is 10.0 Å². The third kappa shape index (κ3) is 3.06. The minimum Gasteiger partial charge on any atom is -0.340 e. The fourth-order valence-corrected chi connectivity index (χ4v) is 3.68. The topological polar surface area (TPSA) is 22.8 Å². The fourth-order valence-electron chi connectivity index (χ4n) is 3.30. The summed E-state index contributed by atoms with van der Waals surface area (Å²) >= 11 is 12.6. The Labute approximate surface area is 156 Å². The number of aromatic nitrogens is 3. The van der Waals surface area contributed by atoms with Gasteiger partial charge in [0.2, 0.25) is 0 Å². The fraction of sp³-hybridized carbons (Fsp3) is 0.150. The van der Waals surface area contributed by atoms with Crippen LogP contribution in [0.3, 0.4) is 0 Å². The molecule has 3 nitrogen and oxygen atoms in total. The number of imidazole rings is 1. The maximum atomic E-state index is 6.39. The molecule has 0 unspecified atom stereocenters. The molecule has 0 aliphatic heterocycles. The highest BCUT2D eigenvalue weighted by molar-refractivity contribution is 6.33. The monoisotopic (exact) mass is 369 g/mol. The number of halogens is 2. The Hall–Kier alpha value is -2.23. The molecule has 0 aliphatic carbocycles. The molecule has 0 spiro atoms. The summed E-state index contributed by atoms with van der Waals surface area (Å²) in [7, 11) is 0. The van der Waals surface area contributed by atoms with Gasteiger partial charge >= 0.3 is 0 Å². The predicted molar refractivity (Wildman–Crippen MR) is 104 cm³/mol. The van der Waals surface area contributed by atoms with Crippen molar-refractivity contribution in [3.8, 4) is 0 Å². The number of rotatable bonds is 4. The van der Waals surface area contributed by atoms with E-state index in [-0.39, 0.29) is 0 Å². The van der Waals surface area contributed by atoms with Gasteiger partial charge in [-0.15, -0.1) is 0 Å². The first-order valence-electron chi connectivity index (χ1n) is 8.10. The third-order valence-electron chi connectivity index (χ3n) is 4.60. The minimum absolute atomic E-state index is 0.690. The van der Waals surface area contributed by atoms with Gasteiger partial charge in [-0.1, -0.05) is 41.4 Å². The molecule has 126 valence electrons. The molecule has 25 heavy (non-hydrogen) atoms. The van der Waals surface area contributed by atoms with Crippen molar-refractivity contribution in [3.63, 3.8) is 0 Å². The van der Waals surface area contributed by atoms with Crippen molar-refractivity contribution in [2.24, 2.45) is 0 Å². The summed E-state index contributed by atoms with van der Waals surface area (Å²) < 4.78 is 4.39. The van der Waals surface area contributed by atoms with Gasteiger partial charge in [-0.3, -0.25) is 0 Å². The van der Waals surface area contributed by atoms with Crippen molar-refractivity contribution in [1.29, 1.82) is 0 Å². The number of hydrogen-bond acceptors (Lipinski definition) is 1. The first kappa shape index (κ1) is 16.2. The Morgan fingerprint density at radius 3 is 2.68 bits per heavy atom. The van der Waals surface area contributed by atoms with E-state index in [2.05, 4.69) is 45.3 Å². The molecular weight excluding hydrogens is 353 g/mol. The number of para-hydroxylation sites is 1. The summed E-state index contributed by atoms with van der Waals surface area (Å²) in [5, 5.41) is 2.69. The van der Waals surface area contributed by atoms with E-state index in [1.165, 1.54) is 22.2 Å². The lowest BCUT2D eigenvalue weighted by atomic mass is 10.1. The maximum Gasteiger partial charge on any atom is 0.0949 e.